The molecule has 15 heavy (non-hydrogen) atoms. The SMILES string of the molecule is OC1(C(F)(F)F)C=Nc2ccc(F)cc21. The zero-order valence-corrected chi connectivity index (χ0v) is 7.22. The fraction of sp³-hybridized carbons (Fsp3) is 0.222. The monoisotopic (exact) mass is 219 g/mol. The number of hydrogen-bond acceptors (Lipinski definition) is 2. The highest BCUT2D eigenvalue weighted by Crippen LogP contribution is 2.45. The Morgan fingerprint density at radius 1 is 1.27 bits per heavy atom. The third kappa shape index (κ3) is 1.32. The maximum Gasteiger partial charge on any atom is 0.426 e. The van der Waals surface area contributed by atoms with Crippen LogP contribution in [0.2, 0.25) is 0 Å². The Hall–Kier alpha value is -1.43. The van der Waals surface area contributed by atoms with Gasteiger partial charge >= 0.3 is 6.18 Å². The van der Waals surface area contributed by atoms with Crippen molar-refractivity contribution in [2.45, 2.75) is 11.8 Å². The van der Waals surface area contributed by atoms with Gasteiger partial charge in [-0.25, -0.2) is 4.39 Å². The van der Waals surface area contributed by atoms with Crippen molar-refractivity contribution in [2.24, 2.45) is 4.99 Å². The molecule has 2 nitrogen and oxygen atoms in total. The van der Waals surface area contributed by atoms with Gasteiger partial charge in [0.15, 0.2) is 0 Å². The minimum absolute atomic E-state index is 0.0729. The maximum atomic E-state index is 12.8. The number of rotatable bonds is 0. The van der Waals surface area contributed by atoms with E-state index in [2.05, 4.69) is 4.99 Å². The smallest absolute Gasteiger partial charge is 0.371 e. The van der Waals surface area contributed by atoms with Gasteiger partial charge in [0.25, 0.3) is 0 Å². The minimum atomic E-state index is -4.91. The Kier molecular flexibility index (Phi) is 1.88. The largest absolute Gasteiger partial charge is 0.426 e. The van der Waals surface area contributed by atoms with Gasteiger partial charge in [-0.05, 0) is 18.2 Å². The molecular weight excluding hydrogens is 214 g/mol. The molecule has 0 saturated heterocycles. The summed E-state index contributed by atoms with van der Waals surface area (Å²) in [6.07, 6.45) is -4.54. The average molecular weight is 219 g/mol. The average Bonchev–Trinajstić information content (AvgIpc) is 2.44. The molecule has 0 spiro atoms. The van der Waals surface area contributed by atoms with E-state index < -0.39 is 23.2 Å². The molecule has 6 heteroatoms. The summed E-state index contributed by atoms with van der Waals surface area (Å²) < 4.78 is 50.2. The highest BCUT2D eigenvalue weighted by molar-refractivity contribution is 5.84. The van der Waals surface area contributed by atoms with Gasteiger partial charge in [0, 0.05) is 5.56 Å². The number of alkyl halides is 3. The Morgan fingerprint density at radius 2 is 1.93 bits per heavy atom. The van der Waals surface area contributed by atoms with Crippen molar-refractivity contribution < 1.29 is 22.7 Å². The molecule has 80 valence electrons. The lowest BCUT2D eigenvalue weighted by molar-refractivity contribution is -0.232. The fourth-order valence-electron chi connectivity index (χ4n) is 1.38. The van der Waals surface area contributed by atoms with Gasteiger partial charge in [-0.1, -0.05) is 0 Å². The van der Waals surface area contributed by atoms with Gasteiger partial charge < -0.3 is 5.11 Å². The predicted molar refractivity (Wildman–Crippen MR) is 44.5 cm³/mol. The van der Waals surface area contributed by atoms with E-state index >= 15 is 0 Å². The molecule has 1 N–H and O–H groups in total. The van der Waals surface area contributed by atoms with Gasteiger partial charge in [-0.2, -0.15) is 13.2 Å². The Balaban J connectivity index is 2.61. The van der Waals surface area contributed by atoms with Crippen molar-refractivity contribution >= 4 is 11.9 Å². The third-order valence-electron chi connectivity index (χ3n) is 2.19. The molecule has 0 bridgehead atoms. The molecule has 0 radical (unpaired) electrons. The molecule has 1 unspecified atom stereocenters. The molecule has 0 aliphatic carbocycles. The number of fused-ring (bicyclic) bond motifs is 1. The van der Waals surface area contributed by atoms with Crippen LogP contribution >= 0.6 is 0 Å². The van der Waals surface area contributed by atoms with Gasteiger partial charge in [0.1, 0.15) is 5.82 Å². The van der Waals surface area contributed by atoms with Gasteiger partial charge in [-0.3, -0.25) is 4.99 Å². The van der Waals surface area contributed by atoms with Gasteiger partial charge in [0.05, 0.1) is 11.9 Å². The first-order chi connectivity index (χ1) is 6.84. The number of aliphatic imine (C=N–C) groups is 1. The van der Waals surface area contributed by atoms with Gasteiger partial charge in [0.2, 0.25) is 5.60 Å². The maximum absolute atomic E-state index is 12.8. The van der Waals surface area contributed by atoms with Crippen LogP contribution in [0.3, 0.4) is 0 Å². The summed E-state index contributed by atoms with van der Waals surface area (Å²) in [5.74, 6) is -0.845. The summed E-state index contributed by atoms with van der Waals surface area (Å²) in [5, 5.41) is 9.36. The highest BCUT2D eigenvalue weighted by Gasteiger charge is 2.57. The van der Waals surface area contributed by atoms with Crippen molar-refractivity contribution in [1.82, 2.24) is 0 Å². The van der Waals surface area contributed by atoms with E-state index in [1.165, 1.54) is 0 Å². The van der Waals surface area contributed by atoms with Crippen LogP contribution in [0.5, 0.6) is 0 Å². The van der Waals surface area contributed by atoms with Crippen LogP contribution in [0.15, 0.2) is 23.2 Å². The number of halogens is 4. The molecule has 1 aliphatic rings. The first kappa shape index (κ1) is 10.1. The van der Waals surface area contributed by atoms with E-state index in [4.69, 9.17) is 0 Å². The zero-order valence-electron chi connectivity index (χ0n) is 7.22. The normalized spacial score (nSPS) is 24.3. The van der Waals surface area contributed by atoms with E-state index in [0.717, 1.165) is 12.1 Å². The lowest BCUT2D eigenvalue weighted by Crippen LogP contribution is -2.42. The van der Waals surface area contributed by atoms with E-state index in [0.29, 0.717) is 12.3 Å². The van der Waals surface area contributed by atoms with E-state index in [1.807, 2.05) is 0 Å². The number of aliphatic hydroxyl groups is 1. The summed E-state index contributed by atoms with van der Waals surface area (Å²) >= 11 is 0. The molecule has 1 aromatic rings. The molecule has 0 aromatic heterocycles. The summed E-state index contributed by atoms with van der Waals surface area (Å²) in [6, 6.07) is 2.71. The van der Waals surface area contributed by atoms with E-state index in [-0.39, 0.29) is 5.69 Å². The summed E-state index contributed by atoms with van der Waals surface area (Å²) in [6.45, 7) is 0. The Bertz CT molecular complexity index is 440. The second-order valence-corrected chi connectivity index (χ2v) is 3.18. The van der Waals surface area contributed by atoms with Crippen LogP contribution in [-0.4, -0.2) is 17.5 Å². The second kappa shape index (κ2) is 2.79. The zero-order chi connectivity index (χ0) is 11.3. The van der Waals surface area contributed by atoms with Crippen molar-refractivity contribution in [1.29, 1.82) is 0 Å². The molecule has 1 aromatic carbocycles. The van der Waals surface area contributed by atoms with Crippen LogP contribution in [0, 0.1) is 5.82 Å². The van der Waals surface area contributed by atoms with Crippen LogP contribution < -0.4 is 0 Å². The van der Waals surface area contributed by atoms with Crippen LogP contribution in [0.4, 0.5) is 23.2 Å². The first-order valence-electron chi connectivity index (χ1n) is 3.99. The van der Waals surface area contributed by atoms with Crippen LogP contribution in [-0.2, 0) is 5.60 Å². The van der Waals surface area contributed by atoms with Crippen LogP contribution in [0.1, 0.15) is 5.56 Å². The molecule has 0 fully saturated rings. The molecule has 0 saturated carbocycles. The molecule has 0 amide bonds. The standard InChI is InChI=1S/C9H5F4NO/c10-5-1-2-7-6(3-5)8(15,4-14-7)9(11,12)13/h1-4,15H. The predicted octanol–water partition coefficient (Wildman–Crippen LogP) is 2.29. The number of hydrogen-bond donors (Lipinski definition) is 1. The lowest BCUT2D eigenvalue weighted by atomic mass is 9.95. The molecule has 1 heterocycles. The second-order valence-electron chi connectivity index (χ2n) is 3.18. The number of nitrogens with zero attached hydrogens (tertiary/aromatic N) is 1. The lowest BCUT2D eigenvalue weighted by Gasteiger charge is -2.23. The Morgan fingerprint density at radius 3 is 2.53 bits per heavy atom. The van der Waals surface area contributed by atoms with E-state index in [1.54, 1.807) is 0 Å². The molecule has 2 rings (SSSR count). The first-order valence-corrected chi connectivity index (χ1v) is 3.99. The molecular formula is C9H5F4NO. The van der Waals surface area contributed by atoms with Crippen LogP contribution in [0.25, 0.3) is 0 Å². The van der Waals surface area contributed by atoms with Crippen molar-refractivity contribution in [2.75, 3.05) is 0 Å². The third-order valence-corrected chi connectivity index (χ3v) is 2.19. The number of benzene rings is 1. The molecule has 1 atom stereocenters. The highest BCUT2D eigenvalue weighted by atomic mass is 19.4. The Labute approximate surface area is 81.9 Å². The summed E-state index contributed by atoms with van der Waals surface area (Å²) in [7, 11) is 0. The fourth-order valence-corrected chi connectivity index (χ4v) is 1.38. The summed E-state index contributed by atoms with van der Waals surface area (Å²) in [4.78, 5) is 3.40. The van der Waals surface area contributed by atoms with Crippen molar-refractivity contribution in [3.8, 4) is 0 Å². The quantitative estimate of drug-likeness (QED) is 0.667. The summed E-state index contributed by atoms with van der Waals surface area (Å²) in [5.41, 5.74) is -3.82. The van der Waals surface area contributed by atoms with Gasteiger partial charge in [-0.15, -0.1) is 0 Å². The topological polar surface area (TPSA) is 32.6 Å². The minimum Gasteiger partial charge on any atom is -0.371 e. The van der Waals surface area contributed by atoms with Crippen molar-refractivity contribution in [3.05, 3.63) is 29.6 Å². The molecule has 1 aliphatic heterocycles. The van der Waals surface area contributed by atoms with E-state index in [9.17, 15) is 22.7 Å². The van der Waals surface area contributed by atoms with Crippen molar-refractivity contribution in [3.63, 3.8) is 0 Å².